The molecular weight excluding hydrogens is 332 g/mol. The molecule has 25 heavy (non-hydrogen) atoms. The number of rotatable bonds is 2. The van der Waals surface area contributed by atoms with Crippen molar-refractivity contribution in [1.82, 2.24) is 14.7 Å². The van der Waals surface area contributed by atoms with Gasteiger partial charge in [-0.05, 0) is 42.1 Å². The van der Waals surface area contributed by atoms with Gasteiger partial charge in [0.05, 0.1) is 28.7 Å². The van der Waals surface area contributed by atoms with Gasteiger partial charge < -0.3 is 4.90 Å². The predicted octanol–water partition coefficient (Wildman–Crippen LogP) is 3.53. The molecule has 1 aliphatic heterocycles. The van der Waals surface area contributed by atoms with Gasteiger partial charge >= 0.3 is 0 Å². The first kappa shape index (κ1) is 15.6. The second-order valence-electron chi connectivity index (χ2n) is 5.99. The van der Waals surface area contributed by atoms with Gasteiger partial charge in [-0.25, -0.2) is 0 Å². The lowest BCUT2D eigenvalue weighted by Gasteiger charge is -2.20. The summed E-state index contributed by atoms with van der Waals surface area (Å²) in [5.74, 6) is -0.0376. The molecule has 5 nitrogen and oxygen atoms in total. The first-order valence-electron chi connectivity index (χ1n) is 8.14. The standard InChI is InChI=1S/C19H16N4OS/c20-12-14-4-1-5-15(10-14)19(24)22-7-3-8-23-16(13-22)11-17(21-23)18-6-2-9-25-18/h1-2,4-6,9-11H,3,7-8,13H2. The van der Waals surface area contributed by atoms with Crippen molar-refractivity contribution in [2.24, 2.45) is 0 Å². The number of nitrogens with zero attached hydrogens (tertiary/aromatic N) is 4. The Balaban J connectivity index is 1.60. The fourth-order valence-electron chi connectivity index (χ4n) is 3.08. The van der Waals surface area contributed by atoms with Crippen LogP contribution in [0.1, 0.15) is 28.0 Å². The van der Waals surface area contributed by atoms with E-state index in [1.165, 1.54) is 0 Å². The molecule has 1 aromatic carbocycles. The Labute approximate surface area is 149 Å². The Bertz CT molecular complexity index is 952. The molecule has 3 aromatic rings. The summed E-state index contributed by atoms with van der Waals surface area (Å²) in [6, 6.07) is 15.1. The molecule has 0 atom stereocenters. The molecule has 0 aliphatic carbocycles. The first-order chi connectivity index (χ1) is 12.2. The zero-order valence-electron chi connectivity index (χ0n) is 13.6. The van der Waals surface area contributed by atoms with E-state index in [0.717, 1.165) is 29.2 Å². The Hall–Kier alpha value is -2.91. The van der Waals surface area contributed by atoms with Crippen LogP contribution in [0.4, 0.5) is 0 Å². The first-order valence-corrected chi connectivity index (χ1v) is 9.02. The minimum absolute atomic E-state index is 0.0376. The fraction of sp³-hybridized carbons (Fsp3) is 0.211. The van der Waals surface area contributed by atoms with Crippen LogP contribution in [0.25, 0.3) is 10.6 Å². The van der Waals surface area contributed by atoms with Crippen LogP contribution in [0, 0.1) is 11.3 Å². The second kappa shape index (κ2) is 6.54. The fourth-order valence-corrected chi connectivity index (χ4v) is 3.77. The molecule has 0 N–H and O–H groups in total. The van der Waals surface area contributed by atoms with Gasteiger partial charge in [0.1, 0.15) is 5.69 Å². The van der Waals surface area contributed by atoms with Crippen LogP contribution >= 0.6 is 11.3 Å². The van der Waals surface area contributed by atoms with Crippen LogP contribution in [-0.2, 0) is 13.1 Å². The third-order valence-corrected chi connectivity index (χ3v) is 5.21. The number of carbonyl (C=O) groups is 1. The number of nitriles is 1. The number of aryl methyl sites for hydroxylation is 1. The van der Waals surface area contributed by atoms with Gasteiger partial charge in [0.15, 0.2) is 0 Å². The van der Waals surface area contributed by atoms with Crippen molar-refractivity contribution in [3.05, 3.63) is 64.7 Å². The summed E-state index contributed by atoms with van der Waals surface area (Å²) in [7, 11) is 0. The summed E-state index contributed by atoms with van der Waals surface area (Å²) in [6.07, 6.45) is 0.863. The molecule has 0 spiro atoms. The highest BCUT2D eigenvalue weighted by Gasteiger charge is 2.22. The molecule has 1 amide bonds. The highest BCUT2D eigenvalue weighted by Crippen LogP contribution is 2.26. The molecule has 0 radical (unpaired) electrons. The van der Waals surface area contributed by atoms with E-state index >= 15 is 0 Å². The molecule has 0 unspecified atom stereocenters. The van der Waals surface area contributed by atoms with Gasteiger partial charge in [-0.3, -0.25) is 9.48 Å². The third-order valence-electron chi connectivity index (χ3n) is 4.31. The summed E-state index contributed by atoms with van der Waals surface area (Å²) in [5.41, 5.74) is 3.08. The van der Waals surface area contributed by atoms with Crippen LogP contribution in [0.5, 0.6) is 0 Å². The summed E-state index contributed by atoms with van der Waals surface area (Å²) in [6.45, 7) is 2.03. The van der Waals surface area contributed by atoms with E-state index in [9.17, 15) is 4.79 Å². The number of aromatic nitrogens is 2. The maximum Gasteiger partial charge on any atom is 0.254 e. The number of amides is 1. The van der Waals surface area contributed by atoms with Gasteiger partial charge in [-0.2, -0.15) is 10.4 Å². The molecule has 3 heterocycles. The molecule has 0 saturated carbocycles. The van der Waals surface area contributed by atoms with E-state index in [1.54, 1.807) is 35.6 Å². The lowest BCUT2D eigenvalue weighted by molar-refractivity contribution is 0.0745. The number of carbonyl (C=O) groups excluding carboxylic acids is 1. The molecule has 124 valence electrons. The lowest BCUT2D eigenvalue weighted by Crippen LogP contribution is -2.30. The molecular formula is C19H16N4OS. The highest BCUT2D eigenvalue weighted by molar-refractivity contribution is 7.13. The Morgan fingerprint density at radius 3 is 2.92 bits per heavy atom. The van der Waals surface area contributed by atoms with Crippen molar-refractivity contribution in [2.75, 3.05) is 6.54 Å². The number of fused-ring (bicyclic) bond motifs is 1. The number of hydrogen-bond acceptors (Lipinski definition) is 4. The van der Waals surface area contributed by atoms with Crippen molar-refractivity contribution in [3.63, 3.8) is 0 Å². The minimum Gasteiger partial charge on any atom is -0.333 e. The van der Waals surface area contributed by atoms with Crippen molar-refractivity contribution in [2.45, 2.75) is 19.5 Å². The minimum atomic E-state index is -0.0376. The summed E-state index contributed by atoms with van der Waals surface area (Å²) in [5, 5.41) is 15.8. The average molecular weight is 348 g/mol. The normalized spacial score (nSPS) is 13.8. The van der Waals surface area contributed by atoms with Crippen LogP contribution in [0.15, 0.2) is 47.8 Å². The van der Waals surface area contributed by atoms with Crippen LogP contribution in [0.3, 0.4) is 0 Å². The maximum atomic E-state index is 12.9. The van der Waals surface area contributed by atoms with Gasteiger partial charge in [-0.15, -0.1) is 11.3 Å². The van der Waals surface area contributed by atoms with Gasteiger partial charge in [-0.1, -0.05) is 12.1 Å². The number of hydrogen-bond donors (Lipinski definition) is 0. The topological polar surface area (TPSA) is 61.9 Å². The van der Waals surface area contributed by atoms with Crippen molar-refractivity contribution in [3.8, 4) is 16.6 Å². The largest absolute Gasteiger partial charge is 0.333 e. The smallest absolute Gasteiger partial charge is 0.254 e. The monoisotopic (exact) mass is 348 g/mol. The molecule has 2 aromatic heterocycles. The molecule has 0 bridgehead atoms. The van der Waals surface area contributed by atoms with Crippen molar-refractivity contribution >= 4 is 17.2 Å². The van der Waals surface area contributed by atoms with E-state index in [0.29, 0.717) is 24.2 Å². The summed E-state index contributed by atoms with van der Waals surface area (Å²) < 4.78 is 2.01. The van der Waals surface area contributed by atoms with Crippen LogP contribution in [0.2, 0.25) is 0 Å². The Morgan fingerprint density at radius 2 is 2.12 bits per heavy atom. The quantitative estimate of drug-likeness (QED) is 0.712. The third kappa shape index (κ3) is 3.06. The molecule has 0 fully saturated rings. The molecule has 0 saturated heterocycles. The highest BCUT2D eigenvalue weighted by atomic mass is 32.1. The zero-order chi connectivity index (χ0) is 17.2. The predicted molar refractivity (Wildman–Crippen MR) is 96.1 cm³/mol. The SMILES string of the molecule is N#Cc1cccc(C(=O)N2CCCn3nc(-c4cccs4)cc3C2)c1. The van der Waals surface area contributed by atoms with Crippen LogP contribution in [-0.4, -0.2) is 27.1 Å². The van der Waals surface area contributed by atoms with Crippen molar-refractivity contribution < 1.29 is 4.79 Å². The van der Waals surface area contributed by atoms with Gasteiger partial charge in [0.2, 0.25) is 0 Å². The average Bonchev–Trinajstić information content (AvgIpc) is 3.27. The Morgan fingerprint density at radius 1 is 1.20 bits per heavy atom. The molecule has 6 heteroatoms. The van der Waals surface area contributed by atoms with Crippen molar-refractivity contribution in [1.29, 1.82) is 5.26 Å². The van der Waals surface area contributed by atoms with E-state index in [1.807, 2.05) is 21.0 Å². The van der Waals surface area contributed by atoms with E-state index in [2.05, 4.69) is 18.2 Å². The second-order valence-corrected chi connectivity index (χ2v) is 6.94. The molecule has 1 aliphatic rings. The number of benzene rings is 1. The lowest BCUT2D eigenvalue weighted by atomic mass is 10.1. The summed E-state index contributed by atoms with van der Waals surface area (Å²) in [4.78, 5) is 15.8. The van der Waals surface area contributed by atoms with Gasteiger partial charge in [0.25, 0.3) is 5.91 Å². The van der Waals surface area contributed by atoms with Crippen LogP contribution < -0.4 is 0 Å². The van der Waals surface area contributed by atoms with E-state index < -0.39 is 0 Å². The maximum absolute atomic E-state index is 12.9. The van der Waals surface area contributed by atoms with E-state index in [4.69, 9.17) is 10.4 Å². The Kier molecular flexibility index (Phi) is 4.08. The summed E-state index contributed by atoms with van der Waals surface area (Å²) >= 11 is 1.67. The number of thiophene rings is 1. The molecule has 4 rings (SSSR count). The van der Waals surface area contributed by atoms with E-state index in [-0.39, 0.29) is 5.91 Å². The zero-order valence-corrected chi connectivity index (χ0v) is 14.4. The van der Waals surface area contributed by atoms with Gasteiger partial charge in [0, 0.05) is 18.7 Å².